The van der Waals surface area contributed by atoms with Crippen LogP contribution in [-0.2, 0) is 10.0 Å². The highest BCUT2D eigenvalue weighted by molar-refractivity contribution is 7.88. The molecule has 0 spiro atoms. The number of aromatic nitrogens is 2. The number of benzene rings is 1. The minimum atomic E-state index is -3.51. The average Bonchev–Trinajstić information content (AvgIpc) is 3.06. The van der Waals surface area contributed by atoms with Crippen LogP contribution in [0.1, 0.15) is 33.7 Å². The fourth-order valence-electron chi connectivity index (χ4n) is 3.54. The van der Waals surface area contributed by atoms with Crippen LogP contribution in [0.15, 0.2) is 59.2 Å². The molecular formula is C23H31N6O2S+. The van der Waals surface area contributed by atoms with Gasteiger partial charge < -0.3 is 5.73 Å². The number of nitrogens with two attached hydrogens (primary N) is 1. The summed E-state index contributed by atoms with van der Waals surface area (Å²) in [5.41, 5.74) is 10.3. The molecule has 1 aromatic heterocycles. The normalized spacial score (nSPS) is 15.4. The van der Waals surface area contributed by atoms with Crippen LogP contribution >= 0.6 is 0 Å². The van der Waals surface area contributed by atoms with Crippen LogP contribution in [0.3, 0.4) is 0 Å². The predicted octanol–water partition coefficient (Wildman–Crippen LogP) is 3.28. The van der Waals surface area contributed by atoms with Crippen molar-refractivity contribution in [3.05, 3.63) is 54.3 Å². The first-order chi connectivity index (χ1) is 15.1. The van der Waals surface area contributed by atoms with Gasteiger partial charge in [0.15, 0.2) is 0 Å². The Kier molecular flexibility index (Phi) is 6.98. The van der Waals surface area contributed by atoms with Crippen molar-refractivity contribution in [3.8, 4) is 11.3 Å². The number of hydrogen-bond acceptors (Lipinski definition) is 5. The van der Waals surface area contributed by atoms with Crippen LogP contribution in [0.5, 0.6) is 0 Å². The number of nitrogens with zero attached hydrogens (tertiary/aromatic N) is 4. The lowest BCUT2D eigenvalue weighted by Gasteiger charge is -2.14. The van der Waals surface area contributed by atoms with E-state index in [0.717, 1.165) is 30.6 Å². The molecule has 0 bridgehead atoms. The molecule has 0 radical (unpaired) electrons. The maximum absolute atomic E-state index is 12.1. The van der Waals surface area contributed by atoms with E-state index in [2.05, 4.69) is 23.1 Å². The number of rotatable bonds is 7. The molecule has 2 aromatic rings. The van der Waals surface area contributed by atoms with E-state index in [1.165, 1.54) is 0 Å². The Morgan fingerprint density at radius 2 is 1.81 bits per heavy atom. The van der Waals surface area contributed by atoms with Crippen molar-refractivity contribution < 1.29 is 13.0 Å². The van der Waals surface area contributed by atoms with Gasteiger partial charge in [0.1, 0.15) is 30.3 Å². The number of hydrogen-bond donors (Lipinski definition) is 2. The second-order valence-electron chi connectivity index (χ2n) is 7.85. The number of nitrogens with one attached hydrogen (secondary N) is 1. The van der Waals surface area contributed by atoms with Gasteiger partial charge in [0, 0.05) is 23.8 Å². The van der Waals surface area contributed by atoms with Crippen molar-refractivity contribution in [2.24, 2.45) is 4.99 Å². The van der Waals surface area contributed by atoms with E-state index < -0.39 is 10.0 Å². The third-order valence-corrected chi connectivity index (χ3v) is 5.68. The minimum Gasteiger partial charge on any atom is -0.382 e. The monoisotopic (exact) mass is 455 g/mol. The van der Waals surface area contributed by atoms with Gasteiger partial charge in [0.2, 0.25) is 15.7 Å². The summed E-state index contributed by atoms with van der Waals surface area (Å²) in [5.74, 6) is 0.428. The van der Waals surface area contributed by atoms with Gasteiger partial charge in [-0.25, -0.2) is 22.7 Å². The summed E-state index contributed by atoms with van der Waals surface area (Å²) in [7, 11) is -3.51. The zero-order valence-corrected chi connectivity index (χ0v) is 20.0. The molecule has 0 fully saturated rings. The quantitative estimate of drug-likeness (QED) is 0.494. The lowest BCUT2D eigenvalue weighted by Crippen LogP contribution is -2.30. The van der Waals surface area contributed by atoms with E-state index in [0.29, 0.717) is 28.6 Å². The lowest BCUT2D eigenvalue weighted by molar-refractivity contribution is -0.519. The summed E-state index contributed by atoms with van der Waals surface area (Å²) < 4.78 is 30.6. The van der Waals surface area contributed by atoms with Crippen molar-refractivity contribution in [1.82, 2.24) is 14.5 Å². The molecule has 0 saturated heterocycles. The van der Waals surface area contributed by atoms with E-state index in [-0.39, 0.29) is 6.04 Å². The first-order valence-corrected chi connectivity index (χ1v) is 12.6. The Labute approximate surface area is 189 Å². The van der Waals surface area contributed by atoms with Crippen molar-refractivity contribution in [3.63, 3.8) is 0 Å². The molecule has 0 aliphatic heterocycles. The summed E-state index contributed by atoms with van der Waals surface area (Å²) in [6, 6.07) is 9.73. The first-order valence-electron chi connectivity index (χ1n) is 10.7. The van der Waals surface area contributed by atoms with Gasteiger partial charge >= 0.3 is 0 Å². The fraction of sp³-hybridized carbons (Fsp3) is 0.348. The number of sulfonamides is 1. The van der Waals surface area contributed by atoms with Gasteiger partial charge in [-0.3, -0.25) is 4.72 Å². The second kappa shape index (κ2) is 9.52. The minimum absolute atomic E-state index is 0.0417. The molecule has 3 N–H and O–H groups in total. The maximum Gasteiger partial charge on any atom is 0.229 e. The van der Waals surface area contributed by atoms with Crippen molar-refractivity contribution >= 4 is 33.0 Å². The molecule has 8 nitrogen and oxygen atoms in total. The molecule has 0 atom stereocenters. The van der Waals surface area contributed by atoms with Gasteiger partial charge in [-0.15, -0.1) is 0 Å². The van der Waals surface area contributed by atoms with Crippen LogP contribution in [0.4, 0.5) is 11.5 Å². The van der Waals surface area contributed by atoms with Crippen LogP contribution < -0.4 is 10.5 Å². The van der Waals surface area contributed by atoms with Crippen LogP contribution in [-0.4, -0.2) is 53.5 Å². The van der Waals surface area contributed by atoms with Gasteiger partial charge in [0.05, 0.1) is 17.7 Å². The molecule has 1 heterocycles. The van der Waals surface area contributed by atoms with Gasteiger partial charge in [0.25, 0.3) is 0 Å². The summed E-state index contributed by atoms with van der Waals surface area (Å²) in [5, 5.41) is 4.70. The Balaban J connectivity index is 2.21. The highest BCUT2D eigenvalue weighted by Gasteiger charge is 2.23. The third kappa shape index (κ3) is 5.16. The van der Waals surface area contributed by atoms with Crippen LogP contribution in [0, 0.1) is 0 Å². The largest absolute Gasteiger partial charge is 0.382 e. The highest BCUT2D eigenvalue weighted by atomic mass is 32.2. The van der Waals surface area contributed by atoms with Gasteiger partial charge in [-0.05, 0) is 33.8 Å². The average molecular weight is 456 g/mol. The number of allylic oxidation sites excluding steroid dienone is 3. The molecule has 0 amide bonds. The van der Waals surface area contributed by atoms with E-state index in [9.17, 15) is 8.42 Å². The molecule has 0 saturated carbocycles. The molecule has 1 aliphatic rings. The Bertz CT molecular complexity index is 1210. The first kappa shape index (κ1) is 23.5. The van der Waals surface area contributed by atoms with Gasteiger partial charge in [-0.2, -0.15) is 5.10 Å². The predicted molar refractivity (Wildman–Crippen MR) is 131 cm³/mol. The van der Waals surface area contributed by atoms with Crippen molar-refractivity contribution in [1.29, 1.82) is 0 Å². The van der Waals surface area contributed by atoms with E-state index in [1.807, 2.05) is 56.3 Å². The van der Waals surface area contributed by atoms with E-state index in [4.69, 9.17) is 15.8 Å². The van der Waals surface area contributed by atoms with Gasteiger partial charge in [-0.1, -0.05) is 30.3 Å². The Hall–Kier alpha value is -3.20. The Morgan fingerprint density at radius 3 is 2.38 bits per heavy atom. The molecule has 32 heavy (non-hydrogen) atoms. The number of nitrogen functional groups attached to an aromatic ring is 1. The molecule has 0 unspecified atom stereocenters. The van der Waals surface area contributed by atoms with E-state index >= 15 is 0 Å². The van der Waals surface area contributed by atoms with E-state index in [1.54, 1.807) is 10.8 Å². The molecule has 1 aliphatic carbocycles. The van der Waals surface area contributed by atoms with Crippen molar-refractivity contribution in [2.45, 2.75) is 33.7 Å². The topological polar surface area (TPSA) is 105 Å². The summed E-state index contributed by atoms with van der Waals surface area (Å²) >= 11 is 0. The molecule has 9 heteroatoms. The molecule has 170 valence electrons. The number of anilines is 1. The molecule has 3 rings (SSSR count). The summed E-state index contributed by atoms with van der Waals surface area (Å²) in [6.45, 7) is 9.71. The molecule has 1 aromatic carbocycles. The molecular weight excluding hydrogens is 424 g/mol. The number of aliphatic imine (C=N–C) groups is 1. The second-order valence-corrected chi connectivity index (χ2v) is 9.60. The third-order valence-electron chi connectivity index (χ3n) is 5.09. The Morgan fingerprint density at radius 1 is 1.16 bits per heavy atom. The van der Waals surface area contributed by atoms with Crippen LogP contribution in [0.2, 0.25) is 0 Å². The van der Waals surface area contributed by atoms with Crippen molar-refractivity contribution in [2.75, 3.05) is 25.1 Å². The highest BCUT2D eigenvalue weighted by Crippen LogP contribution is 2.37. The van der Waals surface area contributed by atoms with Crippen LogP contribution in [0.25, 0.3) is 11.3 Å². The maximum atomic E-state index is 12.1. The zero-order valence-electron chi connectivity index (χ0n) is 19.2. The lowest BCUT2D eigenvalue weighted by atomic mass is 10.1. The summed E-state index contributed by atoms with van der Waals surface area (Å²) in [4.78, 5) is 4.80. The summed E-state index contributed by atoms with van der Waals surface area (Å²) in [6.07, 6.45) is 6.67. The standard InChI is InChI=1S/C23H30N6O2S/c1-6-28(7-2)18-13-14-19(20(15-18)27-32(5,30)31)25-22-21(17-11-9-8-10-12-17)26-29(16(3)4)23(22)24/h8-16H,6-7H2,1-5H3,(H2,24,26,27)/p+1. The zero-order chi connectivity index (χ0) is 23.5. The SMILES string of the molecule is CC[N+](CC)=C1C=C/C(=N\c2c(-c3ccccc3)nn(C(C)C)c2N)C(NS(C)(=O)=O)=C1. The fourth-order valence-corrected chi connectivity index (χ4v) is 4.10. The smallest absolute Gasteiger partial charge is 0.229 e.